The van der Waals surface area contributed by atoms with Gasteiger partial charge in [-0.1, -0.05) is 18.2 Å². The van der Waals surface area contributed by atoms with Crippen molar-refractivity contribution in [2.45, 2.75) is 4.90 Å². The molecule has 30 heavy (non-hydrogen) atoms. The van der Waals surface area contributed by atoms with Crippen LogP contribution in [0.4, 0.5) is 10.1 Å². The lowest BCUT2D eigenvalue weighted by Gasteiger charge is -2.09. The van der Waals surface area contributed by atoms with Crippen molar-refractivity contribution in [3.05, 3.63) is 89.7 Å². The van der Waals surface area contributed by atoms with Crippen molar-refractivity contribution in [1.82, 2.24) is 5.43 Å². The number of methoxy groups -OCH3 is 1. The van der Waals surface area contributed by atoms with E-state index >= 15 is 0 Å². The molecule has 7 nitrogen and oxygen atoms in total. The minimum Gasteiger partial charge on any atom is -0.497 e. The van der Waals surface area contributed by atoms with Gasteiger partial charge in [0.25, 0.3) is 15.9 Å². The van der Waals surface area contributed by atoms with Gasteiger partial charge < -0.3 is 4.74 Å². The van der Waals surface area contributed by atoms with Crippen LogP contribution in [0.5, 0.6) is 5.75 Å². The van der Waals surface area contributed by atoms with Crippen molar-refractivity contribution in [2.24, 2.45) is 5.10 Å². The maximum Gasteiger partial charge on any atom is 0.271 e. The van der Waals surface area contributed by atoms with Gasteiger partial charge in [0.05, 0.1) is 18.2 Å². The maximum atomic E-state index is 13.2. The molecule has 3 rings (SSSR count). The van der Waals surface area contributed by atoms with Crippen molar-refractivity contribution in [1.29, 1.82) is 0 Å². The third-order valence-electron chi connectivity index (χ3n) is 3.98. The van der Waals surface area contributed by atoms with Crippen LogP contribution in [0.2, 0.25) is 0 Å². The van der Waals surface area contributed by atoms with Crippen LogP contribution >= 0.6 is 0 Å². The minimum atomic E-state index is -3.91. The van der Waals surface area contributed by atoms with Crippen LogP contribution in [0, 0.1) is 5.82 Å². The second kappa shape index (κ2) is 9.19. The number of nitrogens with one attached hydrogen (secondary N) is 2. The Morgan fingerprint density at radius 2 is 1.77 bits per heavy atom. The molecule has 3 aromatic rings. The Morgan fingerprint density at radius 3 is 2.47 bits per heavy atom. The molecule has 0 fully saturated rings. The normalized spacial score (nSPS) is 11.3. The minimum absolute atomic E-state index is 0.0833. The summed E-state index contributed by atoms with van der Waals surface area (Å²) in [6, 6.07) is 17.6. The maximum absolute atomic E-state index is 13.2. The Hall–Kier alpha value is -3.72. The number of benzene rings is 3. The molecular formula is C21H18FN3O4S. The first kappa shape index (κ1) is 21.0. The molecule has 9 heteroatoms. The molecule has 0 aromatic heterocycles. The van der Waals surface area contributed by atoms with E-state index in [2.05, 4.69) is 15.2 Å². The summed E-state index contributed by atoms with van der Waals surface area (Å²) >= 11 is 0. The van der Waals surface area contributed by atoms with E-state index in [4.69, 9.17) is 4.74 Å². The fourth-order valence-corrected chi connectivity index (χ4v) is 3.60. The molecule has 0 saturated carbocycles. The van der Waals surface area contributed by atoms with E-state index in [1.807, 2.05) is 0 Å². The highest BCUT2D eigenvalue weighted by atomic mass is 32.2. The van der Waals surface area contributed by atoms with Gasteiger partial charge >= 0.3 is 0 Å². The van der Waals surface area contributed by atoms with Crippen molar-refractivity contribution in [3.8, 4) is 5.75 Å². The topological polar surface area (TPSA) is 96.9 Å². The molecule has 2 N–H and O–H groups in total. The number of halogens is 1. The number of ether oxygens (including phenoxy) is 1. The van der Waals surface area contributed by atoms with E-state index in [9.17, 15) is 17.6 Å². The third-order valence-corrected chi connectivity index (χ3v) is 5.36. The molecule has 0 unspecified atom stereocenters. The Balaban J connectivity index is 1.71. The lowest BCUT2D eigenvalue weighted by Crippen LogP contribution is -2.19. The Bertz CT molecular complexity index is 1180. The smallest absolute Gasteiger partial charge is 0.271 e. The second-order valence-corrected chi connectivity index (χ2v) is 7.80. The Kier molecular flexibility index (Phi) is 6.43. The zero-order valence-corrected chi connectivity index (χ0v) is 16.7. The first-order valence-electron chi connectivity index (χ1n) is 8.73. The zero-order valence-electron chi connectivity index (χ0n) is 15.9. The van der Waals surface area contributed by atoms with Gasteiger partial charge in [-0.3, -0.25) is 9.52 Å². The SMILES string of the molecule is COc1ccc(NS(=O)(=O)c2cccc(C(=O)N/N=C/c3cccc(F)c3)c2)cc1. The average Bonchev–Trinajstić information content (AvgIpc) is 2.74. The van der Waals surface area contributed by atoms with Crippen LogP contribution in [-0.2, 0) is 10.0 Å². The highest BCUT2D eigenvalue weighted by Gasteiger charge is 2.16. The molecule has 0 atom stereocenters. The number of nitrogens with zero attached hydrogens (tertiary/aromatic N) is 1. The number of carbonyl (C=O) groups excluding carboxylic acids is 1. The summed E-state index contributed by atoms with van der Waals surface area (Å²) in [5.74, 6) is -0.438. The van der Waals surface area contributed by atoms with Gasteiger partial charge in [-0.15, -0.1) is 0 Å². The number of hydrogen-bond donors (Lipinski definition) is 2. The van der Waals surface area contributed by atoms with Crippen LogP contribution in [-0.4, -0.2) is 27.6 Å². The van der Waals surface area contributed by atoms with Gasteiger partial charge in [-0.25, -0.2) is 18.2 Å². The molecule has 0 saturated heterocycles. The van der Waals surface area contributed by atoms with Crippen LogP contribution in [0.15, 0.2) is 82.8 Å². The largest absolute Gasteiger partial charge is 0.497 e. The first-order chi connectivity index (χ1) is 14.4. The first-order valence-corrected chi connectivity index (χ1v) is 10.2. The number of carbonyl (C=O) groups is 1. The molecule has 0 spiro atoms. The fourth-order valence-electron chi connectivity index (χ4n) is 2.49. The van der Waals surface area contributed by atoms with Crippen molar-refractivity contribution < 1.29 is 22.3 Å². The quantitative estimate of drug-likeness (QED) is 0.446. The molecule has 1 amide bonds. The monoisotopic (exact) mass is 427 g/mol. The number of hydrogen-bond acceptors (Lipinski definition) is 5. The van der Waals surface area contributed by atoms with Gasteiger partial charge in [0.1, 0.15) is 11.6 Å². The second-order valence-electron chi connectivity index (χ2n) is 6.12. The van der Waals surface area contributed by atoms with Gasteiger partial charge in [-0.05, 0) is 60.2 Å². The highest BCUT2D eigenvalue weighted by molar-refractivity contribution is 7.92. The highest BCUT2D eigenvalue weighted by Crippen LogP contribution is 2.20. The predicted octanol–water partition coefficient (Wildman–Crippen LogP) is 3.40. The summed E-state index contributed by atoms with van der Waals surface area (Å²) in [7, 11) is -2.40. The van der Waals surface area contributed by atoms with Crippen LogP contribution in [0.1, 0.15) is 15.9 Å². The van der Waals surface area contributed by atoms with Gasteiger partial charge in [0, 0.05) is 11.3 Å². The lowest BCUT2D eigenvalue weighted by atomic mass is 10.2. The summed E-state index contributed by atoms with van der Waals surface area (Å²) in [6.45, 7) is 0. The average molecular weight is 427 g/mol. The van der Waals surface area contributed by atoms with E-state index in [-0.39, 0.29) is 10.5 Å². The number of rotatable bonds is 7. The fraction of sp³-hybridized carbons (Fsp3) is 0.0476. The summed E-state index contributed by atoms with van der Waals surface area (Å²) < 4.78 is 45.9. The third kappa shape index (κ3) is 5.42. The molecule has 0 radical (unpaired) electrons. The number of amides is 1. The standard InChI is InChI=1S/C21H18FN3O4S/c1-29-19-10-8-18(9-11-19)25-30(27,28)20-7-3-5-16(13-20)21(26)24-23-14-15-4-2-6-17(22)12-15/h2-14,25H,1H3,(H,24,26)/b23-14+. The summed E-state index contributed by atoms with van der Waals surface area (Å²) in [5, 5.41) is 3.77. The van der Waals surface area contributed by atoms with Crippen LogP contribution in [0.3, 0.4) is 0 Å². The van der Waals surface area contributed by atoms with Crippen molar-refractivity contribution >= 4 is 27.8 Å². The van der Waals surface area contributed by atoms with E-state index in [0.29, 0.717) is 17.0 Å². The van der Waals surface area contributed by atoms with Gasteiger partial charge in [-0.2, -0.15) is 5.10 Å². The molecular weight excluding hydrogens is 409 g/mol. The molecule has 0 aliphatic rings. The van der Waals surface area contributed by atoms with E-state index in [0.717, 1.165) is 0 Å². The Labute approximate surface area is 173 Å². The molecule has 154 valence electrons. The number of anilines is 1. The van der Waals surface area contributed by atoms with Crippen molar-refractivity contribution in [2.75, 3.05) is 11.8 Å². The number of hydrazone groups is 1. The molecule has 0 heterocycles. The summed E-state index contributed by atoms with van der Waals surface area (Å²) in [6.07, 6.45) is 1.28. The van der Waals surface area contributed by atoms with Crippen LogP contribution < -0.4 is 14.9 Å². The van der Waals surface area contributed by atoms with E-state index in [1.165, 1.54) is 55.8 Å². The van der Waals surface area contributed by atoms with Crippen molar-refractivity contribution in [3.63, 3.8) is 0 Å². The predicted molar refractivity (Wildman–Crippen MR) is 112 cm³/mol. The van der Waals surface area contributed by atoms with E-state index in [1.54, 1.807) is 30.3 Å². The lowest BCUT2D eigenvalue weighted by molar-refractivity contribution is 0.0955. The molecule has 0 aliphatic carbocycles. The molecule has 0 bridgehead atoms. The number of sulfonamides is 1. The van der Waals surface area contributed by atoms with E-state index < -0.39 is 21.7 Å². The summed E-state index contributed by atoms with van der Waals surface area (Å²) in [4.78, 5) is 12.2. The van der Waals surface area contributed by atoms with Gasteiger partial charge in [0.15, 0.2) is 0 Å². The summed E-state index contributed by atoms with van der Waals surface area (Å²) in [5.41, 5.74) is 3.21. The molecule has 3 aromatic carbocycles. The molecule has 0 aliphatic heterocycles. The Morgan fingerprint density at radius 1 is 1.03 bits per heavy atom. The van der Waals surface area contributed by atoms with Gasteiger partial charge in [0.2, 0.25) is 0 Å². The van der Waals surface area contributed by atoms with Crippen LogP contribution in [0.25, 0.3) is 0 Å². The zero-order chi connectivity index (χ0) is 21.6.